The van der Waals surface area contributed by atoms with Crippen molar-refractivity contribution in [1.82, 2.24) is 0 Å². The Labute approximate surface area is 104 Å². The van der Waals surface area contributed by atoms with E-state index in [1.807, 2.05) is 43.3 Å². The van der Waals surface area contributed by atoms with E-state index in [0.29, 0.717) is 0 Å². The van der Waals surface area contributed by atoms with Crippen molar-refractivity contribution in [1.29, 1.82) is 0 Å². The monoisotopic (exact) mass is 246 g/mol. The average molecular weight is 247 g/mol. The van der Waals surface area contributed by atoms with Gasteiger partial charge in [-0.15, -0.1) is 0 Å². The Morgan fingerprint density at radius 1 is 1.24 bits per heavy atom. The molecular weight excluding hydrogens is 236 g/mol. The quantitative estimate of drug-likeness (QED) is 0.818. The Morgan fingerprint density at radius 3 is 2.65 bits per heavy atom. The van der Waals surface area contributed by atoms with Gasteiger partial charge >= 0.3 is 5.97 Å². The van der Waals surface area contributed by atoms with Crippen molar-refractivity contribution >= 4 is 33.4 Å². The molecule has 0 heterocycles. The lowest BCUT2D eigenvalue weighted by atomic mass is 9.99. The molecule has 0 aliphatic carbocycles. The minimum absolute atomic E-state index is 0.256. The topological polar surface area (TPSA) is 37.3 Å². The Kier molecular flexibility index (Phi) is 3.16. The maximum absolute atomic E-state index is 10.7. The van der Waals surface area contributed by atoms with Gasteiger partial charge in [0.25, 0.3) is 0 Å². The molecule has 2 rings (SSSR count). The van der Waals surface area contributed by atoms with Crippen molar-refractivity contribution in [3.05, 3.63) is 53.6 Å². The first-order chi connectivity index (χ1) is 8.09. The van der Waals surface area contributed by atoms with E-state index in [9.17, 15) is 4.79 Å². The molecule has 17 heavy (non-hydrogen) atoms. The van der Waals surface area contributed by atoms with E-state index >= 15 is 0 Å². The Bertz CT molecular complexity index is 615. The summed E-state index contributed by atoms with van der Waals surface area (Å²) in [7, 11) is 0. The van der Waals surface area contributed by atoms with Crippen molar-refractivity contribution in [3.8, 4) is 0 Å². The van der Waals surface area contributed by atoms with Crippen LogP contribution >= 0.6 is 11.6 Å². The summed E-state index contributed by atoms with van der Waals surface area (Å²) in [6.07, 6.45) is 1.02. The third kappa shape index (κ3) is 2.32. The molecule has 1 N–H and O–H groups in total. The van der Waals surface area contributed by atoms with Crippen LogP contribution in [0.2, 0.25) is 0 Å². The molecule has 2 aromatic rings. The summed E-state index contributed by atoms with van der Waals surface area (Å²) < 4.78 is 0. The van der Waals surface area contributed by atoms with Crippen LogP contribution < -0.4 is 0 Å². The van der Waals surface area contributed by atoms with Crippen molar-refractivity contribution in [2.45, 2.75) is 6.92 Å². The smallest absolute Gasteiger partial charge is 0.329 e. The van der Waals surface area contributed by atoms with E-state index in [1.54, 1.807) is 0 Å². The molecule has 2 aromatic carbocycles. The highest BCUT2D eigenvalue weighted by Gasteiger charge is 2.09. The molecule has 0 amide bonds. The molecule has 0 spiro atoms. The van der Waals surface area contributed by atoms with E-state index < -0.39 is 5.97 Å². The van der Waals surface area contributed by atoms with Gasteiger partial charge in [-0.05, 0) is 23.3 Å². The number of aryl methyl sites for hydroxylation is 1. The summed E-state index contributed by atoms with van der Waals surface area (Å²) in [5.74, 6) is -1.04. The number of rotatable bonds is 2. The summed E-state index contributed by atoms with van der Waals surface area (Å²) in [4.78, 5) is 10.7. The summed E-state index contributed by atoms with van der Waals surface area (Å²) in [6.45, 7) is 1.92. The van der Waals surface area contributed by atoms with E-state index in [4.69, 9.17) is 16.7 Å². The number of aliphatic carboxylic acids is 1. The number of fused-ring (bicyclic) bond motifs is 1. The fourth-order valence-electron chi connectivity index (χ4n) is 1.88. The van der Waals surface area contributed by atoms with Gasteiger partial charge in [-0.3, -0.25) is 0 Å². The second-order valence-corrected chi connectivity index (χ2v) is 4.22. The predicted octanol–water partition coefficient (Wildman–Crippen LogP) is 3.81. The van der Waals surface area contributed by atoms with Gasteiger partial charge in [0.05, 0.1) is 5.03 Å². The van der Waals surface area contributed by atoms with Crippen LogP contribution in [0.4, 0.5) is 0 Å². The lowest BCUT2D eigenvalue weighted by Gasteiger charge is -2.08. The van der Waals surface area contributed by atoms with Crippen LogP contribution in [-0.2, 0) is 4.79 Å². The molecule has 0 fully saturated rings. The molecule has 0 aliphatic heterocycles. The fraction of sp³-hybridized carbons (Fsp3) is 0.0714. The summed E-state index contributed by atoms with van der Waals surface area (Å²) in [5.41, 5.74) is 1.75. The molecule has 86 valence electrons. The van der Waals surface area contributed by atoms with Crippen LogP contribution in [0.25, 0.3) is 15.8 Å². The molecule has 0 saturated carbocycles. The molecule has 0 aliphatic rings. The zero-order valence-electron chi connectivity index (χ0n) is 9.27. The van der Waals surface area contributed by atoms with Crippen molar-refractivity contribution in [2.75, 3.05) is 0 Å². The molecule has 0 radical (unpaired) electrons. The lowest BCUT2D eigenvalue weighted by Crippen LogP contribution is -1.92. The first-order valence-electron chi connectivity index (χ1n) is 5.18. The Morgan fingerprint density at radius 2 is 1.94 bits per heavy atom. The first-order valence-corrected chi connectivity index (χ1v) is 5.56. The van der Waals surface area contributed by atoms with Crippen LogP contribution in [0, 0.1) is 6.92 Å². The van der Waals surface area contributed by atoms with E-state index in [1.165, 1.54) is 0 Å². The number of hydrogen-bond donors (Lipinski definition) is 1. The van der Waals surface area contributed by atoms with Gasteiger partial charge in [-0.1, -0.05) is 48.0 Å². The molecule has 0 bridgehead atoms. The van der Waals surface area contributed by atoms with Gasteiger partial charge < -0.3 is 5.11 Å². The number of benzene rings is 2. The zero-order valence-corrected chi connectivity index (χ0v) is 10.0. The van der Waals surface area contributed by atoms with E-state index in [-0.39, 0.29) is 5.03 Å². The molecular formula is C14H11ClO2. The Balaban J connectivity index is 2.75. The third-order valence-electron chi connectivity index (χ3n) is 2.63. The SMILES string of the molecule is Cc1ccc2ccccc2c1/C(Cl)=C\C(=O)O. The van der Waals surface area contributed by atoms with Crippen LogP contribution in [-0.4, -0.2) is 11.1 Å². The molecule has 3 heteroatoms. The van der Waals surface area contributed by atoms with Crippen LogP contribution in [0.1, 0.15) is 11.1 Å². The first kappa shape index (κ1) is 11.7. The second kappa shape index (κ2) is 4.60. The lowest BCUT2D eigenvalue weighted by molar-refractivity contribution is -0.131. The zero-order chi connectivity index (χ0) is 12.4. The van der Waals surface area contributed by atoms with Crippen LogP contribution in [0.3, 0.4) is 0 Å². The van der Waals surface area contributed by atoms with Gasteiger partial charge in [-0.25, -0.2) is 4.79 Å². The molecule has 0 unspecified atom stereocenters. The summed E-state index contributed by atoms with van der Waals surface area (Å²) in [6, 6.07) is 11.7. The minimum atomic E-state index is -1.04. The van der Waals surface area contributed by atoms with Gasteiger partial charge in [0.2, 0.25) is 0 Å². The number of carbonyl (C=O) groups is 1. The van der Waals surface area contributed by atoms with Crippen molar-refractivity contribution in [3.63, 3.8) is 0 Å². The number of carboxylic acids is 1. The molecule has 2 nitrogen and oxygen atoms in total. The van der Waals surface area contributed by atoms with Crippen molar-refractivity contribution < 1.29 is 9.90 Å². The highest BCUT2D eigenvalue weighted by Crippen LogP contribution is 2.30. The van der Waals surface area contributed by atoms with Crippen LogP contribution in [0.5, 0.6) is 0 Å². The maximum Gasteiger partial charge on any atom is 0.329 e. The van der Waals surface area contributed by atoms with Gasteiger partial charge in [0.1, 0.15) is 0 Å². The normalized spacial score (nSPS) is 11.8. The minimum Gasteiger partial charge on any atom is -0.478 e. The maximum atomic E-state index is 10.7. The van der Waals surface area contributed by atoms with Crippen molar-refractivity contribution in [2.24, 2.45) is 0 Å². The van der Waals surface area contributed by atoms with Crippen LogP contribution in [0.15, 0.2) is 42.5 Å². The molecule has 0 atom stereocenters. The predicted molar refractivity (Wildman–Crippen MR) is 70.2 cm³/mol. The number of hydrogen-bond acceptors (Lipinski definition) is 1. The van der Waals surface area contributed by atoms with Gasteiger partial charge in [-0.2, -0.15) is 0 Å². The molecule has 0 saturated heterocycles. The largest absolute Gasteiger partial charge is 0.478 e. The third-order valence-corrected chi connectivity index (χ3v) is 2.92. The Hall–Kier alpha value is -1.80. The summed E-state index contributed by atoms with van der Waals surface area (Å²) >= 11 is 6.07. The fourth-order valence-corrected chi connectivity index (χ4v) is 2.22. The second-order valence-electron chi connectivity index (χ2n) is 3.81. The highest BCUT2D eigenvalue weighted by molar-refractivity contribution is 6.51. The standard InChI is InChI=1S/C14H11ClO2/c1-9-6-7-10-4-2-3-5-11(10)14(9)12(15)8-13(16)17/h2-8H,1H3,(H,16,17)/b12-8+. The van der Waals surface area contributed by atoms with E-state index in [0.717, 1.165) is 28.0 Å². The average Bonchev–Trinajstić information content (AvgIpc) is 2.27. The summed E-state index contributed by atoms with van der Waals surface area (Å²) in [5, 5.41) is 11.0. The highest BCUT2D eigenvalue weighted by atomic mass is 35.5. The number of halogens is 1. The van der Waals surface area contributed by atoms with E-state index in [2.05, 4.69) is 0 Å². The van der Waals surface area contributed by atoms with Gasteiger partial charge in [0, 0.05) is 11.6 Å². The molecule has 0 aromatic heterocycles. The number of carboxylic acid groups (broad SMARTS) is 1. The van der Waals surface area contributed by atoms with Gasteiger partial charge in [0.15, 0.2) is 0 Å².